The number of rotatable bonds is 3. The summed E-state index contributed by atoms with van der Waals surface area (Å²) in [5.74, 6) is -0.482. The van der Waals surface area contributed by atoms with Gasteiger partial charge in [-0.25, -0.2) is 0 Å². The zero-order chi connectivity index (χ0) is 14.8. The summed E-state index contributed by atoms with van der Waals surface area (Å²) in [7, 11) is 1.32. The van der Waals surface area contributed by atoms with Gasteiger partial charge in [-0.3, -0.25) is 19.4 Å². The number of carbonyl (C=O) groups is 2. The van der Waals surface area contributed by atoms with Crippen LogP contribution in [0.3, 0.4) is 0 Å². The van der Waals surface area contributed by atoms with Gasteiger partial charge in [-0.1, -0.05) is 0 Å². The van der Waals surface area contributed by atoms with Crippen molar-refractivity contribution in [3.63, 3.8) is 0 Å². The number of hydroxylamine groups is 2. The van der Waals surface area contributed by atoms with Gasteiger partial charge < -0.3 is 9.64 Å². The van der Waals surface area contributed by atoms with Crippen molar-refractivity contribution in [3.05, 3.63) is 30.1 Å². The molecule has 2 fully saturated rings. The predicted molar refractivity (Wildman–Crippen MR) is 71.8 cm³/mol. The molecule has 112 valence electrons. The summed E-state index contributed by atoms with van der Waals surface area (Å²) >= 11 is 0. The Labute approximate surface area is 122 Å². The summed E-state index contributed by atoms with van der Waals surface area (Å²) in [6, 6.07) is 3.45. The van der Waals surface area contributed by atoms with Crippen molar-refractivity contribution >= 4 is 11.9 Å². The third-order valence-corrected chi connectivity index (χ3v) is 3.86. The number of aromatic nitrogens is 1. The lowest BCUT2D eigenvalue weighted by Gasteiger charge is -2.34. The molecular formula is C14H17N3O4. The second-order valence-corrected chi connectivity index (χ2v) is 5.10. The average molecular weight is 291 g/mol. The smallest absolute Gasteiger partial charge is 0.325 e. The molecule has 0 radical (unpaired) electrons. The summed E-state index contributed by atoms with van der Waals surface area (Å²) in [5, 5.41) is 1.72. The van der Waals surface area contributed by atoms with Crippen molar-refractivity contribution in [1.82, 2.24) is 14.9 Å². The number of nitrogens with zero attached hydrogens (tertiary/aromatic N) is 3. The lowest BCUT2D eigenvalue weighted by molar-refractivity contribution is -0.191. The van der Waals surface area contributed by atoms with E-state index < -0.39 is 5.97 Å². The molecule has 2 unspecified atom stereocenters. The number of fused-ring (bicyclic) bond motifs is 1. The Morgan fingerprint density at radius 2 is 2.19 bits per heavy atom. The predicted octanol–water partition coefficient (Wildman–Crippen LogP) is 0.144. The molecule has 7 nitrogen and oxygen atoms in total. The zero-order valence-corrected chi connectivity index (χ0v) is 11.8. The van der Waals surface area contributed by atoms with Gasteiger partial charge in [0.05, 0.1) is 7.11 Å². The molecule has 2 saturated heterocycles. The highest BCUT2D eigenvalue weighted by Crippen LogP contribution is 2.35. The Morgan fingerprint density at radius 3 is 2.90 bits per heavy atom. The number of piperazine rings is 1. The van der Waals surface area contributed by atoms with E-state index in [-0.39, 0.29) is 24.6 Å². The van der Waals surface area contributed by atoms with Crippen LogP contribution in [0.1, 0.15) is 18.1 Å². The molecule has 3 rings (SSSR count). The van der Waals surface area contributed by atoms with Gasteiger partial charge in [0.15, 0.2) is 0 Å². The summed E-state index contributed by atoms with van der Waals surface area (Å²) in [6.07, 6.45) is 3.86. The Balaban J connectivity index is 1.69. The SMILES string of the molecule is COC(=O)CN1CCN2OC(c3ccncc3)CC2C1=O. The Bertz CT molecular complexity index is 536. The molecule has 0 saturated carbocycles. The lowest BCUT2D eigenvalue weighted by Crippen LogP contribution is -2.55. The first-order valence-corrected chi connectivity index (χ1v) is 6.88. The number of methoxy groups -OCH3 is 1. The molecule has 21 heavy (non-hydrogen) atoms. The maximum atomic E-state index is 12.4. The Hall–Kier alpha value is -1.99. The highest BCUT2D eigenvalue weighted by molar-refractivity contribution is 5.86. The van der Waals surface area contributed by atoms with Crippen LogP contribution in [-0.2, 0) is 19.2 Å². The van der Waals surface area contributed by atoms with E-state index >= 15 is 0 Å². The topological polar surface area (TPSA) is 72.0 Å². The van der Waals surface area contributed by atoms with Crippen LogP contribution < -0.4 is 0 Å². The van der Waals surface area contributed by atoms with E-state index in [4.69, 9.17) is 4.84 Å². The average Bonchev–Trinajstić information content (AvgIpc) is 2.96. The number of esters is 1. The Kier molecular flexibility index (Phi) is 3.85. The normalized spacial score (nSPS) is 25.8. The molecule has 0 N–H and O–H groups in total. The highest BCUT2D eigenvalue weighted by atomic mass is 16.7. The van der Waals surface area contributed by atoms with Gasteiger partial charge in [0, 0.05) is 31.9 Å². The van der Waals surface area contributed by atoms with Crippen molar-refractivity contribution in [2.24, 2.45) is 0 Å². The van der Waals surface area contributed by atoms with Crippen molar-refractivity contribution in [2.45, 2.75) is 18.6 Å². The van der Waals surface area contributed by atoms with Gasteiger partial charge in [0.1, 0.15) is 18.7 Å². The number of carbonyl (C=O) groups excluding carboxylic acids is 2. The van der Waals surface area contributed by atoms with Gasteiger partial charge in [-0.2, -0.15) is 5.06 Å². The standard InChI is InChI=1S/C14H17N3O4/c1-20-13(18)9-16-6-7-17-11(14(16)19)8-12(21-17)10-2-4-15-5-3-10/h2-5,11-12H,6-9H2,1H3. The number of pyridine rings is 1. The van der Waals surface area contributed by atoms with Crippen LogP contribution in [0.4, 0.5) is 0 Å². The maximum absolute atomic E-state index is 12.4. The van der Waals surface area contributed by atoms with Crippen LogP contribution in [0.25, 0.3) is 0 Å². The number of hydrogen-bond acceptors (Lipinski definition) is 6. The van der Waals surface area contributed by atoms with E-state index in [0.717, 1.165) is 5.56 Å². The molecule has 3 heterocycles. The molecule has 0 spiro atoms. The molecular weight excluding hydrogens is 274 g/mol. The summed E-state index contributed by atoms with van der Waals surface area (Å²) in [5.41, 5.74) is 1.01. The molecule has 1 aromatic rings. The third-order valence-electron chi connectivity index (χ3n) is 3.86. The molecule has 0 bridgehead atoms. The summed E-state index contributed by atoms with van der Waals surface area (Å²) in [6.45, 7) is 1.06. The van der Waals surface area contributed by atoms with Gasteiger partial charge in [0.25, 0.3) is 0 Å². The van der Waals surface area contributed by atoms with Gasteiger partial charge >= 0.3 is 5.97 Å². The molecule has 1 amide bonds. The Morgan fingerprint density at radius 1 is 1.43 bits per heavy atom. The zero-order valence-electron chi connectivity index (χ0n) is 11.8. The van der Waals surface area contributed by atoms with E-state index in [1.54, 1.807) is 17.5 Å². The second kappa shape index (κ2) is 5.79. The van der Waals surface area contributed by atoms with Crippen molar-refractivity contribution in [3.8, 4) is 0 Å². The molecule has 7 heteroatoms. The number of ether oxygens (including phenoxy) is 1. The van der Waals surface area contributed by atoms with Crippen molar-refractivity contribution in [2.75, 3.05) is 26.7 Å². The van der Waals surface area contributed by atoms with Crippen LogP contribution in [0, 0.1) is 0 Å². The first kappa shape index (κ1) is 14.0. The fourth-order valence-electron chi connectivity index (χ4n) is 2.73. The van der Waals surface area contributed by atoms with Crippen LogP contribution in [0.5, 0.6) is 0 Å². The van der Waals surface area contributed by atoms with E-state index in [1.165, 1.54) is 12.0 Å². The van der Waals surface area contributed by atoms with E-state index in [0.29, 0.717) is 19.5 Å². The first-order valence-electron chi connectivity index (χ1n) is 6.88. The lowest BCUT2D eigenvalue weighted by atomic mass is 10.0. The monoisotopic (exact) mass is 291 g/mol. The fraction of sp³-hybridized carbons (Fsp3) is 0.500. The minimum atomic E-state index is -0.401. The quantitative estimate of drug-likeness (QED) is 0.738. The molecule has 0 aliphatic carbocycles. The summed E-state index contributed by atoms with van der Waals surface area (Å²) < 4.78 is 4.62. The molecule has 2 aliphatic heterocycles. The van der Waals surface area contributed by atoms with Crippen molar-refractivity contribution < 1.29 is 19.2 Å². The molecule has 0 aromatic carbocycles. The van der Waals surface area contributed by atoms with E-state index in [9.17, 15) is 9.59 Å². The van der Waals surface area contributed by atoms with Crippen LogP contribution in [-0.4, -0.2) is 59.6 Å². The van der Waals surface area contributed by atoms with Crippen molar-refractivity contribution in [1.29, 1.82) is 0 Å². The molecule has 2 atom stereocenters. The minimum Gasteiger partial charge on any atom is -0.468 e. The maximum Gasteiger partial charge on any atom is 0.325 e. The van der Waals surface area contributed by atoms with Crippen LogP contribution in [0.15, 0.2) is 24.5 Å². The fourth-order valence-corrected chi connectivity index (χ4v) is 2.73. The molecule has 2 aliphatic rings. The highest BCUT2D eigenvalue weighted by Gasteiger charge is 2.44. The number of amides is 1. The van der Waals surface area contributed by atoms with Gasteiger partial charge in [0.2, 0.25) is 5.91 Å². The van der Waals surface area contributed by atoms with E-state index in [2.05, 4.69) is 9.72 Å². The first-order chi connectivity index (χ1) is 10.2. The summed E-state index contributed by atoms with van der Waals surface area (Å²) in [4.78, 5) is 35.1. The van der Waals surface area contributed by atoms with Crippen LogP contribution in [0.2, 0.25) is 0 Å². The largest absolute Gasteiger partial charge is 0.468 e. The minimum absolute atomic E-state index is 0.000400. The number of hydrogen-bond donors (Lipinski definition) is 0. The second-order valence-electron chi connectivity index (χ2n) is 5.10. The molecule has 1 aromatic heterocycles. The van der Waals surface area contributed by atoms with E-state index in [1.807, 2.05) is 12.1 Å². The van der Waals surface area contributed by atoms with Crippen LogP contribution >= 0.6 is 0 Å². The third kappa shape index (κ3) is 2.74. The van der Waals surface area contributed by atoms with Gasteiger partial charge in [-0.15, -0.1) is 0 Å². The van der Waals surface area contributed by atoms with Gasteiger partial charge in [-0.05, 0) is 17.7 Å².